The third kappa shape index (κ3) is 4.39. The van der Waals surface area contributed by atoms with E-state index in [9.17, 15) is 13.2 Å². The summed E-state index contributed by atoms with van der Waals surface area (Å²) >= 11 is 0. The molecule has 1 aromatic heterocycles. The summed E-state index contributed by atoms with van der Waals surface area (Å²) in [6.45, 7) is 1.69. The molecule has 1 saturated heterocycles. The van der Waals surface area contributed by atoms with Gasteiger partial charge in [-0.15, -0.1) is 0 Å². The smallest absolute Gasteiger partial charge is 0.398 e. The molecule has 4 N–H and O–H groups in total. The third-order valence-electron chi connectivity index (χ3n) is 4.22. The zero-order chi connectivity index (χ0) is 17.9. The number of hydrogen-bond acceptors (Lipinski definition) is 5. The van der Waals surface area contributed by atoms with Crippen molar-refractivity contribution in [1.82, 2.24) is 15.3 Å². The molecule has 134 valence electrons. The first-order valence-corrected chi connectivity index (χ1v) is 8.17. The van der Waals surface area contributed by atoms with Gasteiger partial charge in [-0.25, -0.2) is 9.97 Å². The number of nitrogens with two attached hydrogens (primary N) is 1. The Hall–Kier alpha value is -2.35. The minimum Gasteiger partial charge on any atom is -0.398 e. The van der Waals surface area contributed by atoms with Gasteiger partial charge in [-0.3, -0.25) is 0 Å². The molecule has 25 heavy (non-hydrogen) atoms. The van der Waals surface area contributed by atoms with Gasteiger partial charge in [-0.05, 0) is 31.0 Å². The Balaban J connectivity index is 1.89. The average Bonchev–Trinajstić information content (AvgIpc) is 2.57. The van der Waals surface area contributed by atoms with E-state index < -0.39 is 11.7 Å². The van der Waals surface area contributed by atoms with Crippen LogP contribution in [0.2, 0.25) is 0 Å². The highest BCUT2D eigenvalue weighted by Gasteiger charge is 2.35. The van der Waals surface area contributed by atoms with E-state index in [2.05, 4.69) is 20.6 Å². The standard InChI is InChI=1S/C17H20F3N5/c18-17(19,20)13-10-23-16(24-12-5-3-7-22-9-12)25-15(13)8-11-4-1-2-6-14(11)21/h1-2,4,6,10,12,22H,3,5,7-9,21H2,(H,23,24,25). The highest BCUT2D eigenvalue weighted by Crippen LogP contribution is 2.32. The van der Waals surface area contributed by atoms with Crippen LogP contribution in [0.1, 0.15) is 29.7 Å². The number of nitrogen functional groups attached to an aromatic ring is 1. The molecule has 0 amide bonds. The van der Waals surface area contributed by atoms with E-state index in [0.29, 0.717) is 11.3 Å². The predicted molar refractivity (Wildman–Crippen MR) is 90.2 cm³/mol. The number of aromatic nitrogens is 2. The van der Waals surface area contributed by atoms with Crippen molar-refractivity contribution in [1.29, 1.82) is 0 Å². The van der Waals surface area contributed by atoms with Gasteiger partial charge < -0.3 is 16.4 Å². The van der Waals surface area contributed by atoms with Crippen molar-refractivity contribution in [2.24, 2.45) is 0 Å². The lowest BCUT2D eigenvalue weighted by molar-refractivity contribution is -0.138. The lowest BCUT2D eigenvalue weighted by Crippen LogP contribution is -2.38. The van der Waals surface area contributed by atoms with E-state index in [4.69, 9.17) is 5.73 Å². The predicted octanol–water partition coefficient (Wildman–Crippen LogP) is 2.83. The van der Waals surface area contributed by atoms with Gasteiger partial charge in [-0.1, -0.05) is 18.2 Å². The van der Waals surface area contributed by atoms with Crippen molar-refractivity contribution in [3.63, 3.8) is 0 Å². The molecule has 1 aliphatic heterocycles. The van der Waals surface area contributed by atoms with E-state index in [1.54, 1.807) is 24.3 Å². The zero-order valence-electron chi connectivity index (χ0n) is 13.6. The van der Waals surface area contributed by atoms with Gasteiger partial charge in [0.1, 0.15) is 0 Å². The lowest BCUT2D eigenvalue weighted by atomic mass is 10.0. The summed E-state index contributed by atoms with van der Waals surface area (Å²) in [7, 11) is 0. The molecular formula is C17H20F3N5. The lowest BCUT2D eigenvalue weighted by Gasteiger charge is -2.24. The molecule has 1 aromatic carbocycles. The highest BCUT2D eigenvalue weighted by atomic mass is 19.4. The number of anilines is 2. The van der Waals surface area contributed by atoms with Crippen molar-refractivity contribution in [2.75, 3.05) is 24.1 Å². The fourth-order valence-corrected chi connectivity index (χ4v) is 2.89. The van der Waals surface area contributed by atoms with Crippen molar-refractivity contribution >= 4 is 11.6 Å². The molecule has 0 spiro atoms. The number of rotatable bonds is 4. The molecule has 0 saturated carbocycles. The number of piperidine rings is 1. The van der Waals surface area contributed by atoms with Gasteiger partial charge in [0.2, 0.25) is 5.95 Å². The molecule has 1 aliphatic rings. The fraction of sp³-hybridized carbons (Fsp3) is 0.412. The molecule has 1 atom stereocenters. The molecule has 5 nitrogen and oxygen atoms in total. The van der Waals surface area contributed by atoms with Crippen molar-refractivity contribution in [3.8, 4) is 0 Å². The third-order valence-corrected chi connectivity index (χ3v) is 4.22. The molecule has 8 heteroatoms. The molecule has 0 radical (unpaired) electrons. The SMILES string of the molecule is Nc1ccccc1Cc1nc(NC2CCCNC2)ncc1C(F)(F)F. The fourth-order valence-electron chi connectivity index (χ4n) is 2.89. The Kier molecular flexibility index (Phi) is 5.08. The zero-order valence-corrected chi connectivity index (χ0v) is 13.6. The number of para-hydroxylation sites is 1. The van der Waals surface area contributed by atoms with Crippen LogP contribution < -0.4 is 16.4 Å². The normalized spacial score (nSPS) is 18.1. The molecule has 1 unspecified atom stereocenters. The minimum absolute atomic E-state index is 0.00162. The second-order valence-electron chi connectivity index (χ2n) is 6.11. The summed E-state index contributed by atoms with van der Waals surface area (Å²) in [6, 6.07) is 6.96. The maximum absolute atomic E-state index is 13.3. The Morgan fingerprint density at radius 2 is 2.08 bits per heavy atom. The summed E-state index contributed by atoms with van der Waals surface area (Å²) in [6.07, 6.45) is -1.73. The summed E-state index contributed by atoms with van der Waals surface area (Å²) in [5, 5.41) is 6.36. The second-order valence-corrected chi connectivity index (χ2v) is 6.11. The number of alkyl halides is 3. The minimum atomic E-state index is -4.51. The molecule has 1 fully saturated rings. The summed E-state index contributed by atoms with van der Waals surface area (Å²) in [4.78, 5) is 8.01. The molecule has 2 heterocycles. The summed E-state index contributed by atoms with van der Waals surface area (Å²) < 4.78 is 39.9. The molecule has 0 aliphatic carbocycles. The van der Waals surface area contributed by atoms with Crippen molar-refractivity contribution in [2.45, 2.75) is 31.5 Å². The van der Waals surface area contributed by atoms with Gasteiger partial charge in [-0.2, -0.15) is 13.2 Å². The first kappa shape index (κ1) is 17.5. The van der Waals surface area contributed by atoms with Gasteiger partial charge >= 0.3 is 6.18 Å². The quantitative estimate of drug-likeness (QED) is 0.739. The molecule has 0 bridgehead atoms. The van der Waals surface area contributed by atoms with Gasteiger partial charge in [0.15, 0.2) is 0 Å². The molecular weight excluding hydrogens is 331 g/mol. The largest absolute Gasteiger partial charge is 0.419 e. The topological polar surface area (TPSA) is 75.9 Å². The number of nitrogens with one attached hydrogen (secondary N) is 2. The van der Waals surface area contributed by atoms with Crippen LogP contribution in [0.25, 0.3) is 0 Å². The second kappa shape index (κ2) is 7.26. The number of nitrogens with zero attached hydrogens (tertiary/aromatic N) is 2. The van der Waals surface area contributed by atoms with E-state index in [1.165, 1.54) is 0 Å². The Bertz CT molecular complexity index is 726. The first-order valence-electron chi connectivity index (χ1n) is 8.17. The van der Waals surface area contributed by atoms with Crippen LogP contribution in [0, 0.1) is 0 Å². The Morgan fingerprint density at radius 3 is 2.76 bits per heavy atom. The number of hydrogen-bond donors (Lipinski definition) is 3. The van der Waals surface area contributed by atoms with Crippen LogP contribution >= 0.6 is 0 Å². The Morgan fingerprint density at radius 1 is 1.28 bits per heavy atom. The van der Waals surface area contributed by atoms with Gasteiger partial charge in [0, 0.05) is 30.9 Å². The monoisotopic (exact) mass is 351 g/mol. The summed E-state index contributed by atoms with van der Waals surface area (Å²) in [5.41, 5.74) is 6.01. The Labute approximate surface area is 143 Å². The van der Waals surface area contributed by atoms with Gasteiger partial charge in [0.25, 0.3) is 0 Å². The average molecular weight is 351 g/mol. The maximum Gasteiger partial charge on any atom is 0.419 e. The van der Waals surface area contributed by atoms with E-state index in [-0.39, 0.29) is 24.1 Å². The number of benzene rings is 1. The van der Waals surface area contributed by atoms with E-state index in [1.807, 2.05) is 0 Å². The van der Waals surface area contributed by atoms with Crippen LogP contribution in [0.3, 0.4) is 0 Å². The maximum atomic E-state index is 13.3. The molecule has 3 rings (SSSR count). The van der Waals surface area contributed by atoms with Crippen LogP contribution in [0.5, 0.6) is 0 Å². The highest BCUT2D eigenvalue weighted by molar-refractivity contribution is 5.49. The van der Waals surface area contributed by atoms with Crippen LogP contribution in [0.15, 0.2) is 30.5 Å². The first-order chi connectivity index (χ1) is 11.9. The van der Waals surface area contributed by atoms with E-state index >= 15 is 0 Å². The number of halogens is 3. The van der Waals surface area contributed by atoms with Crippen molar-refractivity contribution in [3.05, 3.63) is 47.3 Å². The van der Waals surface area contributed by atoms with Crippen LogP contribution in [0.4, 0.5) is 24.8 Å². The van der Waals surface area contributed by atoms with Crippen LogP contribution in [-0.4, -0.2) is 29.1 Å². The van der Waals surface area contributed by atoms with E-state index in [0.717, 1.165) is 32.1 Å². The summed E-state index contributed by atoms with van der Waals surface area (Å²) in [5.74, 6) is 0.214. The van der Waals surface area contributed by atoms with Gasteiger partial charge in [0.05, 0.1) is 11.3 Å². The van der Waals surface area contributed by atoms with Crippen molar-refractivity contribution < 1.29 is 13.2 Å². The van der Waals surface area contributed by atoms with Crippen LogP contribution in [-0.2, 0) is 12.6 Å². The molecule has 2 aromatic rings.